The molecule has 0 aliphatic heterocycles. The monoisotopic (exact) mass is 277 g/mol. The number of nitrogens with two attached hydrogens (primary N) is 1. The summed E-state index contributed by atoms with van der Waals surface area (Å²) in [6.45, 7) is 0.935. The van der Waals surface area contributed by atoms with E-state index in [-0.39, 0.29) is 0 Å². The second-order valence-electron chi connectivity index (χ2n) is 4.11. The quantitative estimate of drug-likeness (QED) is 0.911. The number of halogens is 1. The Bertz CT molecular complexity index is 540. The molecule has 0 saturated heterocycles. The molecule has 0 bridgehead atoms. The van der Waals surface area contributed by atoms with Crippen molar-refractivity contribution in [2.45, 2.75) is 13.2 Å². The Hall–Kier alpha value is -1.71. The molecule has 2 rings (SSSR count). The van der Waals surface area contributed by atoms with Gasteiger partial charge in [0.25, 0.3) is 0 Å². The zero-order valence-corrected chi connectivity index (χ0v) is 11.5. The van der Waals surface area contributed by atoms with Crippen molar-refractivity contribution in [3.8, 4) is 11.5 Å². The zero-order chi connectivity index (χ0) is 13.7. The molecule has 0 saturated carbocycles. The summed E-state index contributed by atoms with van der Waals surface area (Å²) in [6.07, 6.45) is 0. The fraction of sp³-hybridized carbons (Fsp3) is 0.200. The average Bonchev–Trinajstić information content (AvgIpc) is 2.46. The first kappa shape index (κ1) is 13.7. The maximum absolute atomic E-state index is 6.12. The molecule has 0 atom stereocenters. The van der Waals surface area contributed by atoms with E-state index in [9.17, 15) is 0 Å². The summed E-state index contributed by atoms with van der Waals surface area (Å²) in [4.78, 5) is 0. The first-order chi connectivity index (χ1) is 9.22. The van der Waals surface area contributed by atoms with Gasteiger partial charge in [0, 0.05) is 6.54 Å². The van der Waals surface area contributed by atoms with E-state index in [4.69, 9.17) is 26.8 Å². The largest absolute Gasteiger partial charge is 0.497 e. The molecule has 4 heteroatoms. The van der Waals surface area contributed by atoms with Crippen molar-refractivity contribution in [3.63, 3.8) is 0 Å². The summed E-state index contributed by atoms with van der Waals surface area (Å²) >= 11 is 6.12. The second kappa shape index (κ2) is 6.45. The highest BCUT2D eigenvalue weighted by atomic mass is 35.5. The number of hydrogen-bond acceptors (Lipinski definition) is 3. The van der Waals surface area contributed by atoms with Gasteiger partial charge in [0.1, 0.15) is 18.1 Å². The number of methoxy groups -OCH3 is 1. The Kier molecular flexibility index (Phi) is 4.66. The second-order valence-corrected chi connectivity index (χ2v) is 4.51. The molecular weight excluding hydrogens is 262 g/mol. The maximum atomic E-state index is 6.12. The van der Waals surface area contributed by atoms with Crippen molar-refractivity contribution in [1.82, 2.24) is 0 Å². The summed E-state index contributed by atoms with van der Waals surface area (Å²) in [7, 11) is 1.64. The van der Waals surface area contributed by atoms with E-state index in [1.165, 1.54) is 0 Å². The number of rotatable bonds is 5. The van der Waals surface area contributed by atoms with Crippen LogP contribution in [0.5, 0.6) is 11.5 Å². The highest BCUT2D eigenvalue weighted by molar-refractivity contribution is 6.32. The van der Waals surface area contributed by atoms with Gasteiger partial charge in [0.15, 0.2) is 0 Å². The molecule has 0 amide bonds. The maximum Gasteiger partial charge on any atom is 0.138 e. The predicted molar refractivity (Wildman–Crippen MR) is 76.7 cm³/mol. The number of benzene rings is 2. The summed E-state index contributed by atoms with van der Waals surface area (Å²) in [5.74, 6) is 1.49. The van der Waals surface area contributed by atoms with E-state index in [1.807, 2.05) is 42.5 Å². The summed E-state index contributed by atoms with van der Waals surface area (Å²) in [5, 5.41) is 0.580. The van der Waals surface area contributed by atoms with Gasteiger partial charge in [-0.15, -0.1) is 0 Å². The van der Waals surface area contributed by atoms with Crippen LogP contribution in [0.4, 0.5) is 0 Å². The standard InChI is InChI=1S/C15H16ClNO2/c1-18-13-5-2-11(3-6-13)10-19-15-7-4-12(9-17)8-14(15)16/h2-8H,9-10,17H2,1H3. The fourth-order valence-electron chi connectivity index (χ4n) is 1.67. The Morgan fingerprint density at radius 3 is 2.32 bits per heavy atom. The van der Waals surface area contributed by atoms with E-state index in [0.717, 1.165) is 16.9 Å². The van der Waals surface area contributed by atoms with Crippen molar-refractivity contribution >= 4 is 11.6 Å². The molecule has 0 heterocycles. The summed E-state index contributed by atoms with van der Waals surface area (Å²) in [6, 6.07) is 13.3. The fourth-order valence-corrected chi connectivity index (χ4v) is 1.93. The highest BCUT2D eigenvalue weighted by Gasteiger charge is 2.03. The Morgan fingerprint density at radius 1 is 1.05 bits per heavy atom. The van der Waals surface area contributed by atoms with Crippen LogP contribution in [0.1, 0.15) is 11.1 Å². The molecular formula is C15H16ClNO2. The molecule has 0 aliphatic carbocycles. The van der Waals surface area contributed by atoms with E-state index >= 15 is 0 Å². The highest BCUT2D eigenvalue weighted by Crippen LogP contribution is 2.26. The van der Waals surface area contributed by atoms with Crippen LogP contribution in [0.3, 0.4) is 0 Å². The summed E-state index contributed by atoms with van der Waals surface area (Å²) < 4.78 is 10.8. The zero-order valence-electron chi connectivity index (χ0n) is 10.7. The normalized spacial score (nSPS) is 10.3. The number of ether oxygens (including phenoxy) is 2. The van der Waals surface area contributed by atoms with Gasteiger partial charge in [0.2, 0.25) is 0 Å². The van der Waals surface area contributed by atoms with Gasteiger partial charge in [-0.2, -0.15) is 0 Å². The van der Waals surface area contributed by atoms with Crippen LogP contribution in [0.15, 0.2) is 42.5 Å². The molecule has 0 aliphatic rings. The van der Waals surface area contributed by atoms with Gasteiger partial charge in [-0.05, 0) is 35.4 Å². The summed E-state index contributed by atoms with van der Waals surface area (Å²) in [5.41, 5.74) is 7.59. The third-order valence-corrected chi connectivity index (χ3v) is 3.08. The van der Waals surface area contributed by atoms with Gasteiger partial charge >= 0.3 is 0 Å². The van der Waals surface area contributed by atoms with Crippen molar-refractivity contribution in [3.05, 3.63) is 58.6 Å². The van der Waals surface area contributed by atoms with Crippen LogP contribution in [0, 0.1) is 0 Å². The van der Waals surface area contributed by atoms with Gasteiger partial charge in [-0.25, -0.2) is 0 Å². The van der Waals surface area contributed by atoms with E-state index in [0.29, 0.717) is 23.9 Å². The van der Waals surface area contributed by atoms with Gasteiger partial charge in [-0.1, -0.05) is 29.8 Å². The SMILES string of the molecule is COc1ccc(COc2ccc(CN)cc2Cl)cc1. The molecule has 0 radical (unpaired) electrons. The minimum Gasteiger partial charge on any atom is -0.497 e. The lowest BCUT2D eigenvalue weighted by molar-refractivity contribution is 0.306. The first-order valence-corrected chi connectivity index (χ1v) is 6.35. The smallest absolute Gasteiger partial charge is 0.138 e. The number of hydrogen-bond donors (Lipinski definition) is 1. The molecule has 0 fully saturated rings. The lowest BCUT2D eigenvalue weighted by Gasteiger charge is -2.09. The minimum atomic E-state index is 0.464. The topological polar surface area (TPSA) is 44.5 Å². The predicted octanol–water partition coefficient (Wildman–Crippen LogP) is 3.39. The third kappa shape index (κ3) is 3.63. The van der Waals surface area contributed by atoms with E-state index in [1.54, 1.807) is 7.11 Å². The van der Waals surface area contributed by atoms with Crippen LogP contribution in [-0.2, 0) is 13.2 Å². The molecule has 2 N–H and O–H groups in total. The molecule has 0 unspecified atom stereocenters. The van der Waals surface area contributed by atoms with Crippen molar-refractivity contribution in [2.24, 2.45) is 5.73 Å². The lowest BCUT2D eigenvalue weighted by Crippen LogP contribution is -1.99. The molecule has 3 nitrogen and oxygen atoms in total. The molecule has 100 valence electrons. The van der Waals surface area contributed by atoms with Crippen molar-refractivity contribution in [2.75, 3.05) is 7.11 Å². The average molecular weight is 278 g/mol. The first-order valence-electron chi connectivity index (χ1n) is 5.97. The Labute approximate surface area is 117 Å². The van der Waals surface area contributed by atoms with Crippen LogP contribution >= 0.6 is 11.6 Å². The van der Waals surface area contributed by atoms with Crippen molar-refractivity contribution < 1.29 is 9.47 Å². The Balaban J connectivity index is 2.01. The van der Waals surface area contributed by atoms with Crippen molar-refractivity contribution in [1.29, 1.82) is 0 Å². The lowest BCUT2D eigenvalue weighted by atomic mass is 10.2. The van der Waals surface area contributed by atoms with Gasteiger partial charge in [-0.3, -0.25) is 0 Å². The van der Waals surface area contributed by atoms with Crippen LogP contribution in [0.2, 0.25) is 5.02 Å². The van der Waals surface area contributed by atoms with Crippen LogP contribution in [0.25, 0.3) is 0 Å². The molecule has 19 heavy (non-hydrogen) atoms. The molecule has 2 aromatic carbocycles. The third-order valence-electron chi connectivity index (χ3n) is 2.79. The minimum absolute atomic E-state index is 0.464. The Morgan fingerprint density at radius 2 is 1.74 bits per heavy atom. The molecule has 0 spiro atoms. The van der Waals surface area contributed by atoms with E-state index < -0.39 is 0 Å². The van der Waals surface area contributed by atoms with Crippen LogP contribution < -0.4 is 15.2 Å². The van der Waals surface area contributed by atoms with Gasteiger partial charge in [0.05, 0.1) is 12.1 Å². The van der Waals surface area contributed by atoms with E-state index in [2.05, 4.69) is 0 Å². The van der Waals surface area contributed by atoms with Crippen LogP contribution in [-0.4, -0.2) is 7.11 Å². The molecule has 2 aromatic rings. The van der Waals surface area contributed by atoms with Gasteiger partial charge < -0.3 is 15.2 Å². The molecule has 0 aromatic heterocycles.